The number of hydrogen-bond donors (Lipinski definition) is 2. The molecule has 1 fully saturated rings. The highest BCUT2D eigenvalue weighted by Crippen LogP contribution is 2.25. The summed E-state index contributed by atoms with van der Waals surface area (Å²) < 4.78 is 1.89. The average Bonchev–Trinajstić information content (AvgIpc) is 2.86. The first-order valence-corrected chi connectivity index (χ1v) is 7.79. The number of nitrogens with zero attached hydrogens (tertiary/aromatic N) is 3. The predicted molar refractivity (Wildman–Crippen MR) is 84.2 cm³/mol. The highest BCUT2D eigenvalue weighted by Gasteiger charge is 2.23. The van der Waals surface area contributed by atoms with E-state index in [9.17, 15) is 9.59 Å². The van der Waals surface area contributed by atoms with Crippen LogP contribution in [-0.2, 0) is 9.59 Å². The van der Waals surface area contributed by atoms with Crippen LogP contribution < -0.4 is 11.1 Å². The summed E-state index contributed by atoms with van der Waals surface area (Å²) in [6.45, 7) is 5.97. The number of primary amides is 1. The highest BCUT2D eigenvalue weighted by atomic mass is 16.2. The Kier molecular flexibility index (Phi) is 5.54. The summed E-state index contributed by atoms with van der Waals surface area (Å²) >= 11 is 0. The number of amides is 2. The summed E-state index contributed by atoms with van der Waals surface area (Å²) in [4.78, 5) is 24.9. The van der Waals surface area contributed by atoms with Crippen molar-refractivity contribution in [3.8, 4) is 0 Å². The van der Waals surface area contributed by atoms with Crippen molar-refractivity contribution in [2.24, 2.45) is 11.7 Å². The number of carbonyl (C=O) groups is 2. The van der Waals surface area contributed by atoms with Crippen molar-refractivity contribution in [1.82, 2.24) is 14.7 Å². The van der Waals surface area contributed by atoms with Crippen molar-refractivity contribution < 1.29 is 9.59 Å². The molecule has 1 aliphatic heterocycles. The molecule has 0 spiro atoms. The van der Waals surface area contributed by atoms with Crippen molar-refractivity contribution in [1.29, 1.82) is 0 Å². The fourth-order valence-corrected chi connectivity index (χ4v) is 2.81. The molecular weight excluding hydrogens is 282 g/mol. The molecule has 0 aromatic carbocycles. The Morgan fingerprint density at radius 1 is 1.41 bits per heavy atom. The first kappa shape index (κ1) is 16.5. The lowest BCUT2D eigenvalue weighted by molar-refractivity contribution is -0.119. The van der Waals surface area contributed by atoms with Gasteiger partial charge in [-0.05, 0) is 18.8 Å². The van der Waals surface area contributed by atoms with Crippen LogP contribution in [0.25, 0.3) is 0 Å². The van der Waals surface area contributed by atoms with Gasteiger partial charge in [-0.1, -0.05) is 13.8 Å². The molecule has 2 amide bonds. The molecule has 7 nitrogen and oxygen atoms in total. The highest BCUT2D eigenvalue weighted by molar-refractivity contribution is 5.89. The number of likely N-dealkylation sites (tertiary alicyclic amines) is 1. The van der Waals surface area contributed by atoms with Crippen LogP contribution in [0.4, 0.5) is 5.82 Å². The van der Waals surface area contributed by atoms with Gasteiger partial charge in [0.15, 0.2) is 0 Å². The summed E-state index contributed by atoms with van der Waals surface area (Å²) in [6, 6.07) is 2.07. The third kappa shape index (κ3) is 4.56. The van der Waals surface area contributed by atoms with Gasteiger partial charge in [-0.3, -0.25) is 14.5 Å². The molecule has 0 aliphatic carbocycles. The van der Waals surface area contributed by atoms with Gasteiger partial charge in [0.1, 0.15) is 5.82 Å². The molecule has 7 heteroatoms. The van der Waals surface area contributed by atoms with Gasteiger partial charge in [-0.2, -0.15) is 5.10 Å². The molecule has 2 rings (SSSR count). The minimum absolute atomic E-state index is 0.0166. The Bertz CT molecular complexity index is 518. The lowest BCUT2D eigenvalue weighted by atomic mass is 10.1. The molecule has 0 bridgehead atoms. The van der Waals surface area contributed by atoms with E-state index in [2.05, 4.69) is 15.3 Å². The summed E-state index contributed by atoms with van der Waals surface area (Å²) in [6.07, 6.45) is 3.99. The first-order chi connectivity index (χ1) is 10.5. The van der Waals surface area contributed by atoms with E-state index >= 15 is 0 Å². The summed E-state index contributed by atoms with van der Waals surface area (Å²) in [5, 5.41) is 7.29. The predicted octanol–water partition coefficient (Wildman–Crippen LogP) is 0.990. The maximum Gasteiger partial charge on any atom is 0.231 e. The number of hydrogen-bond acceptors (Lipinski definition) is 4. The van der Waals surface area contributed by atoms with E-state index in [-0.39, 0.29) is 17.9 Å². The maximum absolute atomic E-state index is 11.9. The smallest absolute Gasteiger partial charge is 0.231 e. The third-order valence-corrected chi connectivity index (χ3v) is 3.81. The summed E-state index contributed by atoms with van der Waals surface area (Å²) in [5.41, 5.74) is 5.23. The zero-order chi connectivity index (χ0) is 16.1. The van der Waals surface area contributed by atoms with Gasteiger partial charge in [0, 0.05) is 25.6 Å². The van der Waals surface area contributed by atoms with Crippen LogP contribution in [0.3, 0.4) is 0 Å². The van der Waals surface area contributed by atoms with Crippen LogP contribution in [0.1, 0.15) is 39.2 Å². The minimum Gasteiger partial charge on any atom is -0.369 e. The fraction of sp³-hybridized carbons (Fsp3) is 0.667. The normalized spacial score (nSPS) is 16.9. The molecule has 0 saturated carbocycles. The van der Waals surface area contributed by atoms with Crippen molar-refractivity contribution in [3.05, 3.63) is 12.3 Å². The van der Waals surface area contributed by atoms with Crippen molar-refractivity contribution in [2.45, 2.75) is 39.2 Å². The number of piperidine rings is 1. The van der Waals surface area contributed by atoms with Crippen LogP contribution in [0.15, 0.2) is 12.3 Å². The van der Waals surface area contributed by atoms with Crippen molar-refractivity contribution in [3.63, 3.8) is 0 Å². The Hall–Kier alpha value is -1.89. The second-order valence-corrected chi connectivity index (χ2v) is 6.28. The molecule has 0 unspecified atom stereocenters. The summed E-state index contributed by atoms with van der Waals surface area (Å²) in [7, 11) is 0. The van der Waals surface area contributed by atoms with Gasteiger partial charge in [-0.25, -0.2) is 4.68 Å². The SMILES string of the molecule is CC(C)CC(=O)Nc1ccnn1C1CCN(CC(N)=O)CC1. The summed E-state index contributed by atoms with van der Waals surface area (Å²) in [5.74, 6) is 0.800. The molecule has 3 N–H and O–H groups in total. The lowest BCUT2D eigenvalue weighted by Crippen LogP contribution is -2.40. The maximum atomic E-state index is 11.9. The van der Waals surface area contributed by atoms with Crippen molar-refractivity contribution in [2.75, 3.05) is 25.0 Å². The number of nitrogens with two attached hydrogens (primary N) is 1. The largest absolute Gasteiger partial charge is 0.369 e. The number of aromatic nitrogens is 2. The fourth-order valence-electron chi connectivity index (χ4n) is 2.81. The number of rotatable bonds is 6. The second-order valence-electron chi connectivity index (χ2n) is 6.28. The Morgan fingerprint density at radius 3 is 2.68 bits per heavy atom. The molecule has 0 atom stereocenters. The minimum atomic E-state index is -0.292. The molecule has 0 radical (unpaired) electrons. The van der Waals surface area contributed by atoms with Gasteiger partial charge in [0.25, 0.3) is 0 Å². The van der Waals surface area contributed by atoms with Gasteiger partial charge in [-0.15, -0.1) is 0 Å². The van der Waals surface area contributed by atoms with E-state index in [1.807, 2.05) is 24.6 Å². The Morgan fingerprint density at radius 2 is 2.09 bits per heavy atom. The zero-order valence-electron chi connectivity index (χ0n) is 13.3. The van der Waals surface area contributed by atoms with Crippen LogP contribution in [0.5, 0.6) is 0 Å². The van der Waals surface area contributed by atoms with Gasteiger partial charge < -0.3 is 11.1 Å². The van der Waals surface area contributed by atoms with E-state index < -0.39 is 0 Å². The van der Waals surface area contributed by atoms with E-state index in [1.54, 1.807) is 6.20 Å². The number of anilines is 1. The van der Waals surface area contributed by atoms with Crippen LogP contribution in [0.2, 0.25) is 0 Å². The number of nitrogens with one attached hydrogen (secondary N) is 1. The average molecular weight is 307 g/mol. The molecule has 1 aliphatic rings. The molecule has 22 heavy (non-hydrogen) atoms. The van der Waals surface area contributed by atoms with E-state index in [4.69, 9.17) is 5.73 Å². The molecule has 122 valence electrons. The Labute approximate surface area is 130 Å². The first-order valence-electron chi connectivity index (χ1n) is 7.79. The second kappa shape index (κ2) is 7.40. The monoisotopic (exact) mass is 307 g/mol. The molecule has 1 aromatic rings. The van der Waals surface area contributed by atoms with Gasteiger partial charge in [0.05, 0.1) is 18.8 Å². The van der Waals surface area contributed by atoms with Gasteiger partial charge >= 0.3 is 0 Å². The third-order valence-electron chi connectivity index (χ3n) is 3.81. The molecular formula is C15H25N5O2. The van der Waals surface area contributed by atoms with Crippen LogP contribution in [-0.4, -0.2) is 46.1 Å². The zero-order valence-corrected chi connectivity index (χ0v) is 13.3. The van der Waals surface area contributed by atoms with E-state index in [0.717, 1.165) is 31.7 Å². The lowest BCUT2D eigenvalue weighted by Gasteiger charge is -2.31. The quantitative estimate of drug-likeness (QED) is 0.819. The van der Waals surface area contributed by atoms with E-state index in [0.29, 0.717) is 18.9 Å². The van der Waals surface area contributed by atoms with Crippen LogP contribution in [0, 0.1) is 5.92 Å². The molecule has 2 heterocycles. The van der Waals surface area contributed by atoms with Crippen molar-refractivity contribution >= 4 is 17.6 Å². The molecule has 1 saturated heterocycles. The number of carbonyl (C=O) groups excluding carboxylic acids is 2. The standard InChI is InChI=1S/C15H25N5O2/c1-11(2)9-15(22)18-14-3-6-17-20(14)12-4-7-19(8-5-12)10-13(16)21/h3,6,11-12H,4-5,7-10H2,1-2H3,(H2,16,21)(H,18,22). The Balaban J connectivity index is 1.93. The molecule has 1 aromatic heterocycles. The topological polar surface area (TPSA) is 93.2 Å². The van der Waals surface area contributed by atoms with Crippen LogP contribution >= 0.6 is 0 Å². The van der Waals surface area contributed by atoms with E-state index in [1.165, 1.54) is 0 Å². The van der Waals surface area contributed by atoms with Gasteiger partial charge in [0.2, 0.25) is 11.8 Å².